The highest BCUT2D eigenvalue weighted by Crippen LogP contribution is 1.71. The van der Waals surface area contributed by atoms with Crippen LogP contribution in [0, 0.1) is 0 Å². The van der Waals surface area contributed by atoms with Crippen molar-refractivity contribution < 1.29 is 9.90 Å². The van der Waals surface area contributed by atoms with E-state index in [1.54, 1.807) is 6.92 Å². The topological polar surface area (TPSA) is 37.3 Å². The van der Waals surface area contributed by atoms with Crippen LogP contribution in [0.3, 0.4) is 0 Å². The second kappa shape index (κ2) is 10.9. The normalized spacial score (nSPS) is 7.56. The molecule has 0 radical (unpaired) electrons. The molecular formula is C6H14O2S. The molecule has 0 rings (SSSR count). The quantitative estimate of drug-likeness (QED) is 0.574. The Bertz CT molecular complexity index is 62.1. The highest BCUT2D eigenvalue weighted by atomic mass is 32.1. The van der Waals surface area contributed by atoms with E-state index in [9.17, 15) is 4.79 Å². The van der Waals surface area contributed by atoms with Gasteiger partial charge in [0.25, 0.3) is 0 Å². The van der Waals surface area contributed by atoms with Gasteiger partial charge >= 0.3 is 0 Å². The van der Waals surface area contributed by atoms with Gasteiger partial charge in [-0.25, -0.2) is 0 Å². The lowest BCUT2D eigenvalue weighted by atomic mass is 10.4. The number of hydrogen-bond donors (Lipinski definition) is 2. The molecule has 0 amide bonds. The van der Waals surface area contributed by atoms with E-state index < -0.39 is 0 Å². The third kappa shape index (κ3) is 32.1. The lowest BCUT2D eigenvalue weighted by molar-refractivity contribution is -0.116. The molecule has 0 unspecified atom stereocenters. The zero-order chi connectivity index (χ0) is 7.70. The van der Waals surface area contributed by atoms with Crippen molar-refractivity contribution in [3.05, 3.63) is 0 Å². The molecule has 0 bridgehead atoms. The largest absolute Gasteiger partial charge is 0.396 e. The van der Waals surface area contributed by atoms with E-state index in [0.717, 1.165) is 0 Å². The molecule has 0 aromatic carbocycles. The molecule has 0 atom stereocenters. The molecule has 0 heterocycles. The fraction of sp³-hybridized carbons (Fsp3) is 0.833. The SMILES string of the molecule is CCC(C)=O.OCCS. The van der Waals surface area contributed by atoms with Gasteiger partial charge < -0.3 is 9.90 Å². The number of Topliss-reactive ketones (excluding diaryl/α,β-unsaturated/α-hetero) is 1. The first-order valence-electron chi connectivity index (χ1n) is 2.90. The Hall–Kier alpha value is -0.0200. The third-order valence-electron chi connectivity index (χ3n) is 0.598. The molecule has 0 aromatic rings. The van der Waals surface area contributed by atoms with Gasteiger partial charge in [-0.05, 0) is 6.92 Å². The molecule has 0 saturated heterocycles. The maximum absolute atomic E-state index is 9.81. The smallest absolute Gasteiger partial charge is 0.129 e. The van der Waals surface area contributed by atoms with Gasteiger partial charge in [0.1, 0.15) is 5.78 Å². The molecule has 9 heavy (non-hydrogen) atoms. The molecule has 3 heteroatoms. The fourth-order valence-electron chi connectivity index (χ4n) is 0. The Labute approximate surface area is 61.7 Å². The van der Waals surface area contributed by atoms with Crippen molar-refractivity contribution in [3.63, 3.8) is 0 Å². The molecule has 0 spiro atoms. The van der Waals surface area contributed by atoms with Gasteiger partial charge in [0.2, 0.25) is 0 Å². The van der Waals surface area contributed by atoms with E-state index in [-0.39, 0.29) is 12.4 Å². The second-order valence-electron chi connectivity index (χ2n) is 1.50. The average Bonchev–Trinajstić information content (AvgIpc) is 1.89. The predicted molar refractivity (Wildman–Crippen MR) is 41.9 cm³/mol. The highest BCUT2D eigenvalue weighted by Gasteiger charge is 1.76. The summed E-state index contributed by atoms with van der Waals surface area (Å²) in [7, 11) is 0. The molecule has 0 saturated carbocycles. The zero-order valence-corrected chi connectivity index (χ0v) is 6.82. The Morgan fingerprint density at radius 1 is 1.67 bits per heavy atom. The molecule has 56 valence electrons. The number of ketones is 1. The van der Waals surface area contributed by atoms with Crippen molar-refractivity contribution in [2.75, 3.05) is 12.4 Å². The Morgan fingerprint density at radius 3 is 1.89 bits per heavy atom. The van der Waals surface area contributed by atoms with Crippen LogP contribution in [0.2, 0.25) is 0 Å². The average molecular weight is 150 g/mol. The summed E-state index contributed by atoms with van der Waals surface area (Å²) >= 11 is 3.67. The maximum Gasteiger partial charge on any atom is 0.129 e. The van der Waals surface area contributed by atoms with Crippen LogP contribution in [-0.2, 0) is 4.79 Å². The molecule has 0 aliphatic heterocycles. The first-order chi connectivity index (χ1) is 4.18. The van der Waals surface area contributed by atoms with E-state index in [1.165, 1.54) is 0 Å². The van der Waals surface area contributed by atoms with Crippen LogP contribution in [-0.4, -0.2) is 23.2 Å². The highest BCUT2D eigenvalue weighted by molar-refractivity contribution is 7.80. The van der Waals surface area contributed by atoms with Gasteiger partial charge in [-0.2, -0.15) is 12.6 Å². The van der Waals surface area contributed by atoms with Gasteiger partial charge in [0, 0.05) is 12.2 Å². The standard InChI is InChI=1S/C4H8O.C2H6OS/c1-3-4(2)5;3-1-2-4/h3H2,1-2H3;3-4H,1-2H2. The van der Waals surface area contributed by atoms with E-state index in [0.29, 0.717) is 12.2 Å². The monoisotopic (exact) mass is 150 g/mol. The van der Waals surface area contributed by atoms with Crippen molar-refractivity contribution in [2.45, 2.75) is 20.3 Å². The number of aliphatic hydroxyl groups excluding tert-OH is 1. The van der Waals surface area contributed by atoms with Crippen LogP contribution in [0.5, 0.6) is 0 Å². The molecule has 0 aliphatic rings. The van der Waals surface area contributed by atoms with Crippen molar-refractivity contribution in [1.82, 2.24) is 0 Å². The second-order valence-corrected chi connectivity index (χ2v) is 1.95. The first-order valence-corrected chi connectivity index (χ1v) is 3.53. The number of hydrogen-bond acceptors (Lipinski definition) is 3. The minimum absolute atomic E-state index is 0.184. The minimum Gasteiger partial charge on any atom is -0.396 e. The van der Waals surface area contributed by atoms with E-state index >= 15 is 0 Å². The molecule has 2 nitrogen and oxygen atoms in total. The van der Waals surface area contributed by atoms with Gasteiger partial charge in [-0.1, -0.05) is 6.92 Å². The summed E-state index contributed by atoms with van der Waals surface area (Å²) in [6.45, 7) is 3.62. The van der Waals surface area contributed by atoms with Crippen molar-refractivity contribution in [2.24, 2.45) is 0 Å². The summed E-state index contributed by atoms with van der Waals surface area (Å²) in [6, 6.07) is 0. The number of aliphatic hydroxyl groups is 1. The summed E-state index contributed by atoms with van der Waals surface area (Å²) in [6.07, 6.45) is 0.667. The fourth-order valence-corrected chi connectivity index (χ4v) is 0. The van der Waals surface area contributed by atoms with Crippen LogP contribution in [0.1, 0.15) is 20.3 Å². The Balaban J connectivity index is 0. The first kappa shape index (κ1) is 11.7. The van der Waals surface area contributed by atoms with Crippen LogP contribution >= 0.6 is 12.6 Å². The lowest BCUT2D eigenvalue weighted by Crippen LogP contribution is -1.80. The predicted octanol–water partition coefficient (Wildman–Crippen LogP) is 0.894. The summed E-state index contributed by atoms with van der Waals surface area (Å²) in [5, 5.41) is 7.80. The number of carbonyl (C=O) groups excluding carboxylic acids is 1. The molecule has 1 N–H and O–H groups in total. The van der Waals surface area contributed by atoms with Crippen LogP contribution in [0.25, 0.3) is 0 Å². The van der Waals surface area contributed by atoms with Gasteiger partial charge in [-0.3, -0.25) is 0 Å². The van der Waals surface area contributed by atoms with Gasteiger partial charge in [-0.15, -0.1) is 0 Å². The lowest BCUT2D eigenvalue weighted by Gasteiger charge is -1.71. The molecule has 0 aromatic heterocycles. The molecular weight excluding hydrogens is 136 g/mol. The van der Waals surface area contributed by atoms with Gasteiger partial charge in [0.05, 0.1) is 6.61 Å². The van der Waals surface area contributed by atoms with E-state index in [1.807, 2.05) is 6.92 Å². The Kier molecular flexibility index (Phi) is 14.2. The summed E-state index contributed by atoms with van der Waals surface area (Å²) in [5.41, 5.74) is 0. The summed E-state index contributed by atoms with van der Waals surface area (Å²) in [4.78, 5) is 9.81. The van der Waals surface area contributed by atoms with Crippen LogP contribution < -0.4 is 0 Å². The zero-order valence-electron chi connectivity index (χ0n) is 5.92. The van der Waals surface area contributed by atoms with Crippen molar-refractivity contribution >= 4 is 18.4 Å². The van der Waals surface area contributed by atoms with Crippen LogP contribution in [0.4, 0.5) is 0 Å². The van der Waals surface area contributed by atoms with E-state index in [4.69, 9.17) is 5.11 Å². The maximum atomic E-state index is 9.81. The summed E-state index contributed by atoms with van der Waals surface area (Å²) < 4.78 is 0. The van der Waals surface area contributed by atoms with Crippen molar-refractivity contribution in [3.8, 4) is 0 Å². The molecule has 0 aliphatic carbocycles. The Morgan fingerprint density at radius 2 is 1.89 bits per heavy atom. The van der Waals surface area contributed by atoms with Gasteiger partial charge in [0.15, 0.2) is 0 Å². The number of thiol groups is 1. The molecule has 0 fully saturated rings. The number of carbonyl (C=O) groups is 1. The van der Waals surface area contributed by atoms with Crippen molar-refractivity contribution in [1.29, 1.82) is 0 Å². The summed E-state index contributed by atoms with van der Waals surface area (Å²) in [5.74, 6) is 0.824. The van der Waals surface area contributed by atoms with E-state index in [2.05, 4.69) is 12.6 Å². The number of rotatable bonds is 2. The third-order valence-corrected chi connectivity index (χ3v) is 0.798. The van der Waals surface area contributed by atoms with Crippen LogP contribution in [0.15, 0.2) is 0 Å². The minimum atomic E-state index is 0.184.